The van der Waals surface area contributed by atoms with E-state index in [9.17, 15) is 31.2 Å². The molecule has 2 aliphatic heterocycles. The van der Waals surface area contributed by atoms with Crippen LogP contribution in [0.2, 0.25) is 0 Å². The monoisotopic (exact) mass is 535 g/mol. The molecule has 1 saturated carbocycles. The number of benzene rings is 2. The summed E-state index contributed by atoms with van der Waals surface area (Å²) in [6, 6.07) is 9.30. The number of alkyl halides is 3. The third-order valence-electron chi connectivity index (χ3n) is 7.35. The number of amides is 2. The van der Waals surface area contributed by atoms with E-state index in [0.717, 1.165) is 36.2 Å². The Kier molecular flexibility index (Phi) is 6.56. The van der Waals surface area contributed by atoms with Gasteiger partial charge in [0.15, 0.2) is 0 Å². The zero-order valence-electron chi connectivity index (χ0n) is 20.3. The topological polar surface area (TPSA) is 86.8 Å². The van der Waals surface area contributed by atoms with E-state index in [1.807, 2.05) is 6.92 Å². The van der Waals surface area contributed by atoms with Crippen LogP contribution in [0.5, 0.6) is 0 Å². The number of hydrogen-bond acceptors (Lipinski definition) is 4. The van der Waals surface area contributed by atoms with Crippen LogP contribution in [-0.2, 0) is 32.2 Å². The third kappa shape index (κ3) is 5.11. The van der Waals surface area contributed by atoms with Gasteiger partial charge in [-0.1, -0.05) is 6.07 Å². The van der Waals surface area contributed by atoms with Crippen molar-refractivity contribution in [2.75, 3.05) is 23.3 Å². The maximum absolute atomic E-state index is 13.3. The Morgan fingerprint density at radius 3 is 2.32 bits per heavy atom. The lowest BCUT2D eigenvalue weighted by Gasteiger charge is -2.30. The fourth-order valence-corrected chi connectivity index (χ4v) is 6.68. The zero-order chi connectivity index (χ0) is 26.5. The molecular weight excluding hydrogens is 507 g/mol. The molecular formula is C26H28F3N3O4S. The molecule has 2 heterocycles. The van der Waals surface area contributed by atoms with E-state index >= 15 is 0 Å². The number of halogens is 3. The van der Waals surface area contributed by atoms with Crippen molar-refractivity contribution in [2.45, 2.75) is 56.1 Å². The SMILES string of the molecule is CC1Cc2cc(S(=O)(=O)N3CCC(C(=O)Nc4cccc(C(F)(F)F)c4)CC3)ccc2N1C(=O)C1CC1. The first kappa shape index (κ1) is 25.7. The van der Waals surface area contributed by atoms with Gasteiger partial charge in [-0.05, 0) is 81.0 Å². The fourth-order valence-electron chi connectivity index (χ4n) is 5.16. The van der Waals surface area contributed by atoms with E-state index in [4.69, 9.17) is 0 Å². The van der Waals surface area contributed by atoms with E-state index in [0.29, 0.717) is 6.42 Å². The van der Waals surface area contributed by atoms with Gasteiger partial charge in [-0.3, -0.25) is 9.59 Å². The summed E-state index contributed by atoms with van der Waals surface area (Å²) in [6.07, 6.45) is -1.60. The minimum absolute atomic E-state index is 0.0212. The molecule has 11 heteroatoms. The molecule has 0 aromatic heterocycles. The molecule has 2 aromatic rings. The number of hydrogen-bond donors (Lipinski definition) is 1. The quantitative estimate of drug-likeness (QED) is 0.614. The summed E-state index contributed by atoms with van der Waals surface area (Å²) in [5.74, 6) is -0.761. The lowest BCUT2D eigenvalue weighted by Crippen LogP contribution is -2.41. The highest BCUT2D eigenvalue weighted by Crippen LogP contribution is 2.40. The molecule has 2 amide bonds. The van der Waals surface area contributed by atoms with Gasteiger partial charge < -0.3 is 10.2 Å². The van der Waals surface area contributed by atoms with E-state index in [2.05, 4.69) is 5.32 Å². The van der Waals surface area contributed by atoms with Crippen molar-refractivity contribution in [3.8, 4) is 0 Å². The molecule has 2 aromatic carbocycles. The second-order valence-electron chi connectivity index (χ2n) is 10.1. The Bertz CT molecular complexity index is 1330. The summed E-state index contributed by atoms with van der Waals surface area (Å²) in [5, 5.41) is 2.53. The summed E-state index contributed by atoms with van der Waals surface area (Å²) < 4.78 is 66.9. The normalized spacial score (nSPS) is 21.1. The van der Waals surface area contributed by atoms with Gasteiger partial charge >= 0.3 is 6.18 Å². The number of sulfonamides is 1. The number of carbonyl (C=O) groups excluding carboxylic acids is 2. The van der Waals surface area contributed by atoms with Crippen LogP contribution in [0.1, 0.15) is 43.7 Å². The Hall–Kier alpha value is -2.92. The number of piperidine rings is 1. The van der Waals surface area contributed by atoms with Crippen molar-refractivity contribution in [3.63, 3.8) is 0 Å². The first-order chi connectivity index (χ1) is 17.4. The number of nitrogens with zero attached hydrogens (tertiary/aromatic N) is 2. The molecule has 1 N–H and O–H groups in total. The fraction of sp³-hybridized carbons (Fsp3) is 0.462. The molecule has 1 saturated heterocycles. The van der Waals surface area contributed by atoms with Crippen LogP contribution >= 0.6 is 0 Å². The molecule has 5 rings (SSSR count). The molecule has 2 fully saturated rings. The van der Waals surface area contributed by atoms with Gasteiger partial charge in [0.05, 0.1) is 10.5 Å². The molecule has 0 bridgehead atoms. The van der Waals surface area contributed by atoms with Gasteiger partial charge in [-0.2, -0.15) is 17.5 Å². The Balaban J connectivity index is 1.23. The highest BCUT2D eigenvalue weighted by atomic mass is 32.2. The molecule has 0 radical (unpaired) electrons. The smallest absolute Gasteiger partial charge is 0.326 e. The molecule has 1 atom stereocenters. The van der Waals surface area contributed by atoms with Gasteiger partial charge in [0, 0.05) is 42.3 Å². The first-order valence-electron chi connectivity index (χ1n) is 12.4. The lowest BCUT2D eigenvalue weighted by molar-refractivity contribution is -0.137. The average Bonchev–Trinajstić information content (AvgIpc) is 3.65. The van der Waals surface area contributed by atoms with Crippen molar-refractivity contribution in [1.29, 1.82) is 0 Å². The standard InChI is InChI=1S/C26H28F3N3O4S/c1-16-13-19-14-22(7-8-23(19)32(16)25(34)18-5-6-18)37(35,36)31-11-9-17(10-12-31)24(33)30-21-4-2-3-20(15-21)26(27,28)29/h2-4,7-8,14-18H,5-6,9-13H2,1H3,(H,30,33). The average molecular weight is 536 g/mol. The predicted molar refractivity (Wildman–Crippen MR) is 131 cm³/mol. The van der Waals surface area contributed by atoms with E-state index in [1.165, 1.54) is 22.5 Å². The van der Waals surface area contributed by atoms with Crippen LogP contribution in [0.15, 0.2) is 47.4 Å². The number of nitrogens with one attached hydrogen (secondary N) is 1. The highest BCUT2D eigenvalue weighted by molar-refractivity contribution is 7.89. The molecule has 1 unspecified atom stereocenters. The van der Waals surface area contributed by atoms with Crippen molar-refractivity contribution < 1.29 is 31.2 Å². The second kappa shape index (κ2) is 9.43. The molecule has 37 heavy (non-hydrogen) atoms. The van der Waals surface area contributed by atoms with Gasteiger partial charge in [0.1, 0.15) is 0 Å². The molecule has 7 nitrogen and oxygen atoms in total. The van der Waals surface area contributed by atoms with E-state index < -0.39 is 33.6 Å². The first-order valence-corrected chi connectivity index (χ1v) is 13.8. The maximum atomic E-state index is 13.3. The van der Waals surface area contributed by atoms with Crippen molar-refractivity contribution in [1.82, 2.24) is 4.31 Å². The summed E-state index contributed by atoms with van der Waals surface area (Å²) >= 11 is 0. The van der Waals surface area contributed by atoms with Crippen LogP contribution in [0, 0.1) is 11.8 Å². The summed E-state index contributed by atoms with van der Waals surface area (Å²) in [7, 11) is -3.80. The number of anilines is 2. The number of carbonyl (C=O) groups is 2. The van der Waals surface area contributed by atoms with Crippen LogP contribution in [0.4, 0.5) is 24.5 Å². The molecule has 0 spiro atoms. The van der Waals surface area contributed by atoms with Gasteiger partial charge in [-0.25, -0.2) is 8.42 Å². The van der Waals surface area contributed by atoms with Crippen molar-refractivity contribution in [2.24, 2.45) is 11.8 Å². The van der Waals surface area contributed by atoms with Crippen LogP contribution in [-0.4, -0.2) is 43.7 Å². The maximum Gasteiger partial charge on any atom is 0.416 e. The third-order valence-corrected chi connectivity index (χ3v) is 9.25. The summed E-state index contributed by atoms with van der Waals surface area (Å²) in [6.45, 7) is 2.22. The minimum atomic E-state index is -4.51. The van der Waals surface area contributed by atoms with Crippen LogP contribution in [0.25, 0.3) is 0 Å². The van der Waals surface area contributed by atoms with Crippen LogP contribution < -0.4 is 10.2 Å². The Morgan fingerprint density at radius 1 is 0.973 bits per heavy atom. The second-order valence-corrected chi connectivity index (χ2v) is 12.0. The molecule has 198 valence electrons. The molecule has 1 aliphatic carbocycles. The van der Waals surface area contributed by atoms with Gasteiger partial charge in [0.2, 0.25) is 21.8 Å². The number of fused-ring (bicyclic) bond motifs is 1. The Labute approximate surface area is 213 Å². The zero-order valence-corrected chi connectivity index (χ0v) is 21.1. The predicted octanol–water partition coefficient (Wildman–Crippen LogP) is 4.43. The summed E-state index contributed by atoms with van der Waals surface area (Å²) in [5.41, 5.74) is 0.803. The van der Waals surface area contributed by atoms with Crippen molar-refractivity contribution in [3.05, 3.63) is 53.6 Å². The lowest BCUT2D eigenvalue weighted by atomic mass is 9.97. The van der Waals surface area contributed by atoms with Gasteiger partial charge in [-0.15, -0.1) is 0 Å². The highest BCUT2D eigenvalue weighted by Gasteiger charge is 2.40. The van der Waals surface area contributed by atoms with Crippen LogP contribution in [0.3, 0.4) is 0 Å². The molecule has 3 aliphatic rings. The summed E-state index contributed by atoms with van der Waals surface area (Å²) in [4.78, 5) is 27.3. The van der Waals surface area contributed by atoms with Crippen molar-refractivity contribution >= 4 is 33.2 Å². The van der Waals surface area contributed by atoms with E-state index in [-0.39, 0.29) is 54.4 Å². The van der Waals surface area contributed by atoms with Gasteiger partial charge in [0.25, 0.3) is 0 Å². The minimum Gasteiger partial charge on any atom is -0.326 e. The largest absolute Gasteiger partial charge is 0.416 e. The Morgan fingerprint density at radius 2 is 1.68 bits per heavy atom. The number of rotatable bonds is 5. The van der Waals surface area contributed by atoms with E-state index in [1.54, 1.807) is 17.0 Å².